The van der Waals surface area contributed by atoms with E-state index in [4.69, 9.17) is 0 Å². The minimum absolute atomic E-state index is 0.900. The highest BCUT2D eigenvalue weighted by Crippen LogP contribution is 2.20. The molecule has 0 atom stereocenters. The van der Waals surface area contributed by atoms with Crippen LogP contribution in [-0.2, 0) is 6.54 Å². The summed E-state index contributed by atoms with van der Waals surface area (Å²) in [6.07, 6.45) is 0. The van der Waals surface area contributed by atoms with E-state index in [1.165, 1.54) is 11.3 Å². The van der Waals surface area contributed by atoms with Gasteiger partial charge in [0.05, 0.1) is 0 Å². The highest BCUT2D eigenvalue weighted by molar-refractivity contribution is 9.10. The minimum Gasteiger partial charge on any atom is -0.388 e. The van der Waals surface area contributed by atoms with Crippen LogP contribution in [0.3, 0.4) is 0 Å². The van der Waals surface area contributed by atoms with Gasteiger partial charge in [0.25, 0.3) is 0 Å². The largest absolute Gasteiger partial charge is 0.388 e. The quantitative estimate of drug-likeness (QED) is 0.914. The molecular weight excluding hydrogens is 288 g/mol. The topological polar surface area (TPSA) is 15.3 Å². The van der Waals surface area contributed by atoms with Crippen LogP contribution >= 0.6 is 15.9 Å². The molecule has 0 aromatic heterocycles. The lowest BCUT2D eigenvalue weighted by Gasteiger charge is -2.19. The summed E-state index contributed by atoms with van der Waals surface area (Å²) in [4.78, 5) is 2.24. The maximum atomic E-state index is 3.45. The second-order valence-corrected chi connectivity index (χ2v) is 5.20. The molecule has 0 unspecified atom stereocenters. The van der Waals surface area contributed by atoms with Crippen molar-refractivity contribution in [3.05, 3.63) is 58.6 Å². The van der Waals surface area contributed by atoms with E-state index in [1.54, 1.807) is 0 Å². The standard InChI is InChI=1S/C15H17BrN2/c1-17-14-5-3-4-12(10-14)11-18(2)15-8-6-13(16)7-9-15/h3-10,17H,11H2,1-2H3. The molecule has 0 spiro atoms. The van der Waals surface area contributed by atoms with Gasteiger partial charge in [-0.1, -0.05) is 28.1 Å². The summed E-state index contributed by atoms with van der Waals surface area (Å²) in [5.41, 5.74) is 3.66. The molecule has 2 aromatic carbocycles. The van der Waals surface area contributed by atoms with E-state index in [0.717, 1.165) is 16.7 Å². The molecule has 2 rings (SSSR count). The van der Waals surface area contributed by atoms with Crippen molar-refractivity contribution >= 4 is 27.3 Å². The summed E-state index contributed by atoms with van der Waals surface area (Å²) in [7, 11) is 4.05. The van der Waals surface area contributed by atoms with Crippen LogP contribution in [0.15, 0.2) is 53.0 Å². The van der Waals surface area contributed by atoms with Gasteiger partial charge in [-0.3, -0.25) is 0 Å². The first-order valence-corrected chi connectivity index (χ1v) is 6.72. The Bertz CT molecular complexity index is 508. The average Bonchev–Trinajstić information content (AvgIpc) is 2.39. The molecule has 0 aliphatic rings. The molecule has 0 bridgehead atoms. The number of halogens is 1. The van der Waals surface area contributed by atoms with Gasteiger partial charge < -0.3 is 10.2 Å². The number of nitrogens with zero attached hydrogens (tertiary/aromatic N) is 1. The van der Waals surface area contributed by atoms with Gasteiger partial charge in [-0.25, -0.2) is 0 Å². The lowest BCUT2D eigenvalue weighted by atomic mass is 10.2. The van der Waals surface area contributed by atoms with E-state index < -0.39 is 0 Å². The minimum atomic E-state index is 0.900. The summed E-state index contributed by atoms with van der Waals surface area (Å²) >= 11 is 3.45. The number of nitrogens with one attached hydrogen (secondary N) is 1. The van der Waals surface area contributed by atoms with Gasteiger partial charge in [0.15, 0.2) is 0 Å². The molecule has 0 amide bonds. The first kappa shape index (κ1) is 13.0. The fourth-order valence-corrected chi connectivity index (χ4v) is 2.15. The Morgan fingerprint density at radius 2 is 1.83 bits per heavy atom. The summed E-state index contributed by atoms with van der Waals surface area (Å²) in [6.45, 7) is 0.900. The van der Waals surface area contributed by atoms with E-state index in [1.807, 2.05) is 7.05 Å². The monoisotopic (exact) mass is 304 g/mol. The zero-order chi connectivity index (χ0) is 13.0. The van der Waals surface area contributed by atoms with Crippen LogP contribution in [0.25, 0.3) is 0 Å². The van der Waals surface area contributed by atoms with Crippen LogP contribution < -0.4 is 10.2 Å². The Hall–Kier alpha value is -1.48. The third-order valence-electron chi connectivity index (χ3n) is 2.90. The van der Waals surface area contributed by atoms with Crippen molar-refractivity contribution in [1.29, 1.82) is 0 Å². The molecule has 0 saturated heterocycles. The van der Waals surface area contributed by atoms with Gasteiger partial charge in [0.2, 0.25) is 0 Å². The maximum absolute atomic E-state index is 3.45. The van der Waals surface area contributed by atoms with E-state index in [-0.39, 0.29) is 0 Å². The molecule has 2 aromatic rings. The lowest BCUT2D eigenvalue weighted by molar-refractivity contribution is 0.923. The third-order valence-corrected chi connectivity index (χ3v) is 3.43. The summed E-state index contributed by atoms with van der Waals surface area (Å²) < 4.78 is 1.11. The highest BCUT2D eigenvalue weighted by atomic mass is 79.9. The molecule has 2 nitrogen and oxygen atoms in total. The predicted molar refractivity (Wildman–Crippen MR) is 82.2 cm³/mol. The Balaban J connectivity index is 2.10. The number of benzene rings is 2. The van der Waals surface area contributed by atoms with Crippen molar-refractivity contribution < 1.29 is 0 Å². The van der Waals surface area contributed by atoms with Gasteiger partial charge in [-0.15, -0.1) is 0 Å². The Morgan fingerprint density at radius 1 is 1.11 bits per heavy atom. The van der Waals surface area contributed by atoms with Crippen LogP contribution in [-0.4, -0.2) is 14.1 Å². The zero-order valence-corrected chi connectivity index (χ0v) is 12.2. The molecule has 18 heavy (non-hydrogen) atoms. The Morgan fingerprint density at radius 3 is 2.50 bits per heavy atom. The SMILES string of the molecule is CNc1cccc(CN(C)c2ccc(Br)cc2)c1. The van der Waals surface area contributed by atoms with E-state index in [9.17, 15) is 0 Å². The summed E-state index contributed by atoms with van der Waals surface area (Å²) in [5, 5.41) is 3.16. The van der Waals surface area contributed by atoms with Gasteiger partial charge >= 0.3 is 0 Å². The summed E-state index contributed by atoms with van der Waals surface area (Å²) in [5.74, 6) is 0. The molecule has 3 heteroatoms. The van der Waals surface area contributed by atoms with Crippen molar-refractivity contribution in [3.63, 3.8) is 0 Å². The van der Waals surface area contributed by atoms with Crippen molar-refractivity contribution in [2.75, 3.05) is 24.3 Å². The zero-order valence-electron chi connectivity index (χ0n) is 10.7. The molecule has 0 fully saturated rings. The number of hydrogen-bond acceptors (Lipinski definition) is 2. The van der Waals surface area contributed by atoms with Gasteiger partial charge in [-0.05, 0) is 42.0 Å². The molecular formula is C15H17BrN2. The first-order valence-electron chi connectivity index (χ1n) is 5.92. The first-order chi connectivity index (χ1) is 8.69. The molecule has 0 saturated carbocycles. The number of rotatable bonds is 4. The highest BCUT2D eigenvalue weighted by Gasteiger charge is 2.02. The van der Waals surface area contributed by atoms with Crippen molar-refractivity contribution in [3.8, 4) is 0 Å². The fourth-order valence-electron chi connectivity index (χ4n) is 1.89. The number of hydrogen-bond donors (Lipinski definition) is 1. The van der Waals surface area contributed by atoms with Gasteiger partial charge in [0, 0.05) is 36.5 Å². The smallest absolute Gasteiger partial charge is 0.0426 e. The fraction of sp³-hybridized carbons (Fsp3) is 0.200. The van der Waals surface area contributed by atoms with Gasteiger partial charge in [-0.2, -0.15) is 0 Å². The van der Waals surface area contributed by atoms with Crippen LogP contribution in [0.4, 0.5) is 11.4 Å². The van der Waals surface area contributed by atoms with Crippen LogP contribution in [0.5, 0.6) is 0 Å². The number of anilines is 2. The van der Waals surface area contributed by atoms with Crippen molar-refractivity contribution in [2.45, 2.75) is 6.54 Å². The molecule has 0 aliphatic heterocycles. The van der Waals surface area contributed by atoms with Crippen LogP contribution in [0.2, 0.25) is 0 Å². The van der Waals surface area contributed by atoms with Gasteiger partial charge in [0.1, 0.15) is 0 Å². The summed E-state index contributed by atoms with van der Waals surface area (Å²) in [6, 6.07) is 16.8. The van der Waals surface area contributed by atoms with E-state index >= 15 is 0 Å². The van der Waals surface area contributed by atoms with E-state index in [0.29, 0.717) is 0 Å². The normalized spacial score (nSPS) is 10.2. The lowest BCUT2D eigenvalue weighted by Crippen LogP contribution is -2.16. The molecule has 0 radical (unpaired) electrons. The van der Waals surface area contributed by atoms with Crippen LogP contribution in [0, 0.1) is 0 Å². The second-order valence-electron chi connectivity index (χ2n) is 4.28. The molecule has 0 aliphatic carbocycles. The Kier molecular flexibility index (Phi) is 4.26. The third kappa shape index (κ3) is 3.26. The van der Waals surface area contributed by atoms with Crippen LogP contribution in [0.1, 0.15) is 5.56 Å². The predicted octanol–water partition coefficient (Wildman–Crippen LogP) is 4.13. The molecule has 0 heterocycles. The molecule has 1 N–H and O–H groups in total. The average molecular weight is 305 g/mol. The second kappa shape index (κ2) is 5.91. The van der Waals surface area contributed by atoms with E-state index in [2.05, 4.69) is 81.7 Å². The molecule has 94 valence electrons. The van der Waals surface area contributed by atoms with Crippen molar-refractivity contribution in [2.24, 2.45) is 0 Å². The Labute approximate surface area is 117 Å². The maximum Gasteiger partial charge on any atom is 0.0426 e. The van der Waals surface area contributed by atoms with Crippen molar-refractivity contribution in [1.82, 2.24) is 0 Å².